The molecule has 0 aromatic heterocycles. The smallest absolute Gasteiger partial charge is 0.160 e. The Labute approximate surface area is 123 Å². The summed E-state index contributed by atoms with van der Waals surface area (Å²) in [6, 6.07) is 9.64. The molecule has 0 radical (unpaired) electrons. The van der Waals surface area contributed by atoms with E-state index in [4.69, 9.17) is 4.74 Å². The van der Waals surface area contributed by atoms with Crippen molar-refractivity contribution in [3.8, 4) is 5.75 Å². The molecule has 1 heterocycles. The molecule has 0 saturated heterocycles. The number of anilines is 1. The van der Waals surface area contributed by atoms with Crippen LogP contribution in [0.2, 0.25) is 0 Å². The van der Waals surface area contributed by atoms with Crippen molar-refractivity contribution in [2.24, 2.45) is 0 Å². The van der Waals surface area contributed by atoms with E-state index in [0.29, 0.717) is 12.3 Å². The average molecular weight is 340 g/mol. The highest BCUT2D eigenvalue weighted by Gasteiger charge is 2.21. The maximum Gasteiger partial charge on any atom is 0.160 e. The minimum Gasteiger partial charge on any atom is -0.493 e. The van der Waals surface area contributed by atoms with Gasteiger partial charge < -0.3 is 10.1 Å². The van der Waals surface area contributed by atoms with E-state index < -0.39 is 11.6 Å². The Morgan fingerprint density at radius 3 is 2.75 bits per heavy atom. The fourth-order valence-corrected chi connectivity index (χ4v) is 2.68. The molecule has 2 aromatic carbocycles. The van der Waals surface area contributed by atoms with Crippen LogP contribution in [0, 0.1) is 11.6 Å². The van der Waals surface area contributed by atoms with Crippen LogP contribution in [0.25, 0.3) is 0 Å². The third-order valence-corrected chi connectivity index (χ3v) is 3.77. The lowest BCUT2D eigenvalue weighted by molar-refractivity contribution is 0.274. The van der Waals surface area contributed by atoms with Crippen molar-refractivity contribution < 1.29 is 13.5 Å². The summed E-state index contributed by atoms with van der Waals surface area (Å²) in [7, 11) is 0. The minimum atomic E-state index is -0.850. The molecule has 0 spiro atoms. The lowest BCUT2D eigenvalue weighted by Gasteiger charge is -2.27. The van der Waals surface area contributed by atoms with E-state index >= 15 is 0 Å². The first kappa shape index (κ1) is 13.4. The molecule has 104 valence electrons. The van der Waals surface area contributed by atoms with Crippen LogP contribution in [0.15, 0.2) is 40.9 Å². The van der Waals surface area contributed by atoms with Crippen LogP contribution in [0.3, 0.4) is 0 Å². The topological polar surface area (TPSA) is 21.3 Å². The van der Waals surface area contributed by atoms with E-state index in [2.05, 4.69) is 21.2 Å². The Morgan fingerprint density at radius 2 is 1.95 bits per heavy atom. The molecular formula is C15H12BrF2NO. The Bertz CT molecular complexity index is 648. The van der Waals surface area contributed by atoms with Crippen LogP contribution in [-0.4, -0.2) is 6.61 Å². The van der Waals surface area contributed by atoms with Crippen LogP contribution >= 0.6 is 15.9 Å². The number of fused-ring (bicyclic) bond motifs is 1. The molecule has 1 unspecified atom stereocenters. The first-order valence-corrected chi connectivity index (χ1v) is 7.06. The molecule has 0 saturated carbocycles. The van der Waals surface area contributed by atoms with Crippen molar-refractivity contribution in [1.29, 1.82) is 0 Å². The van der Waals surface area contributed by atoms with E-state index in [1.165, 1.54) is 12.1 Å². The van der Waals surface area contributed by atoms with Crippen LogP contribution in [0.5, 0.6) is 5.75 Å². The van der Waals surface area contributed by atoms with E-state index in [1.54, 1.807) is 0 Å². The SMILES string of the molecule is Fc1ccc(NC2CCOc3ccc(Br)cc32)cc1F. The molecule has 1 N–H and O–H groups in total. The van der Waals surface area contributed by atoms with Gasteiger partial charge in [0.15, 0.2) is 11.6 Å². The lowest BCUT2D eigenvalue weighted by Crippen LogP contribution is -2.20. The molecule has 0 amide bonds. The molecule has 3 rings (SSSR count). The van der Waals surface area contributed by atoms with Gasteiger partial charge in [-0.25, -0.2) is 8.78 Å². The average Bonchev–Trinajstić information content (AvgIpc) is 2.44. The van der Waals surface area contributed by atoms with Crippen LogP contribution in [0.4, 0.5) is 14.5 Å². The Balaban J connectivity index is 1.89. The maximum atomic E-state index is 13.2. The third-order valence-electron chi connectivity index (χ3n) is 3.27. The van der Waals surface area contributed by atoms with Gasteiger partial charge in [0, 0.05) is 28.2 Å². The summed E-state index contributed by atoms with van der Waals surface area (Å²) >= 11 is 3.43. The van der Waals surface area contributed by atoms with Gasteiger partial charge in [-0.1, -0.05) is 15.9 Å². The molecule has 0 aliphatic carbocycles. The zero-order chi connectivity index (χ0) is 14.1. The maximum absolute atomic E-state index is 13.2. The van der Waals surface area contributed by atoms with Gasteiger partial charge >= 0.3 is 0 Å². The highest BCUT2D eigenvalue weighted by atomic mass is 79.9. The van der Waals surface area contributed by atoms with Crippen LogP contribution in [-0.2, 0) is 0 Å². The van der Waals surface area contributed by atoms with Crippen molar-refractivity contribution in [3.63, 3.8) is 0 Å². The van der Waals surface area contributed by atoms with E-state index in [1.807, 2.05) is 18.2 Å². The summed E-state index contributed by atoms with van der Waals surface area (Å²) in [6.07, 6.45) is 0.766. The molecule has 5 heteroatoms. The third kappa shape index (κ3) is 2.63. The summed E-state index contributed by atoms with van der Waals surface area (Å²) in [5.41, 5.74) is 1.57. The Kier molecular flexibility index (Phi) is 3.61. The minimum absolute atomic E-state index is 0.0149. The van der Waals surface area contributed by atoms with Crippen LogP contribution in [0.1, 0.15) is 18.0 Å². The number of halogens is 3. The molecule has 20 heavy (non-hydrogen) atoms. The zero-order valence-electron chi connectivity index (χ0n) is 10.5. The summed E-state index contributed by atoms with van der Waals surface area (Å²) in [6.45, 7) is 0.593. The monoisotopic (exact) mass is 339 g/mol. The molecule has 1 aliphatic heterocycles. The number of ether oxygens (including phenoxy) is 1. The van der Waals surface area contributed by atoms with Crippen LogP contribution < -0.4 is 10.1 Å². The van der Waals surface area contributed by atoms with Crippen molar-refractivity contribution in [1.82, 2.24) is 0 Å². The van der Waals surface area contributed by atoms with Crippen molar-refractivity contribution in [2.45, 2.75) is 12.5 Å². The molecule has 0 bridgehead atoms. The van der Waals surface area contributed by atoms with Gasteiger partial charge in [0.1, 0.15) is 5.75 Å². The summed E-state index contributed by atoms with van der Waals surface area (Å²) < 4.78 is 32.7. The Morgan fingerprint density at radius 1 is 1.10 bits per heavy atom. The van der Waals surface area contributed by atoms with Crippen molar-refractivity contribution >= 4 is 21.6 Å². The van der Waals surface area contributed by atoms with Gasteiger partial charge in [0.05, 0.1) is 12.6 Å². The van der Waals surface area contributed by atoms with Gasteiger partial charge in [-0.15, -0.1) is 0 Å². The van der Waals surface area contributed by atoms with Gasteiger partial charge in [-0.3, -0.25) is 0 Å². The quantitative estimate of drug-likeness (QED) is 0.858. The molecule has 1 atom stereocenters. The fourth-order valence-electron chi connectivity index (χ4n) is 2.30. The number of benzene rings is 2. The second-order valence-electron chi connectivity index (χ2n) is 4.65. The number of hydrogen-bond acceptors (Lipinski definition) is 2. The predicted molar refractivity (Wildman–Crippen MR) is 77.0 cm³/mol. The van der Waals surface area contributed by atoms with Gasteiger partial charge in [0.25, 0.3) is 0 Å². The second kappa shape index (κ2) is 5.40. The normalized spacial score (nSPS) is 17.2. The summed E-state index contributed by atoms with van der Waals surface area (Å²) in [5, 5.41) is 3.22. The first-order valence-electron chi connectivity index (χ1n) is 6.27. The predicted octanol–water partition coefficient (Wildman–Crippen LogP) is 4.66. The zero-order valence-corrected chi connectivity index (χ0v) is 12.1. The largest absolute Gasteiger partial charge is 0.493 e. The number of nitrogens with one attached hydrogen (secondary N) is 1. The molecule has 2 aromatic rings. The van der Waals surface area contributed by atoms with Gasteiger partial charge in [0.2, 0.25) is 0 Å². The first-order chi connectivity index (χ1) is 9.63. The summed E-state index contributed by atoms with van der Waals surface area (Å²) in [4.78, 5) is 0. The van der Waals surface area contributed by atoms with E-state index in [0.717, 1.165) is 28.3 Å². The number of rotatable bonds is 2. The van der Waals surface area contributed by atoms with Crippen molar-refractivity contribution in [2.75, 3.05) is 11.9 Å². The highest BCUT2D eigenvalue weighted by molar-refractivity contribution is 9.10. The summed E-state index contributed by atoms with van der Waals surface area (Å²) in [5.74, 6) is -0.873. The molecule has 0 fully saturated rings. The lowest BCUT2D eigenvalue weighted by atomic mass is 10.0. The standard InChI is InChI=1S/C15H12BrF2NO/c16-9-1-4-15-11(7-9)14(5-6-20-15)19-10-2-3-12(17)13(18)8-10/h1-4,7-8,14,19H,5-6H2. The number of hydrogen-bond donors (Lipinski definition) is 1. The van der Waals surface area contributed by atoms with Gasteiger partial charge in [-0.2, -0.15) is 0 Å². The fraction of sp³-hybridized carbons (Fsp3) is 0.200. The van der Waals surface area contributed by atoms with Gasteiger partial charge in [-0.05, 0) is 30.3 Å². The van der Waals surface area contributed by atoms with E-state index in [9.17, 15) is 8.78 Å². The highest BCUT2D eigenvalue weighted by Crippen LogP contribution is 2.36. The van der Waals surface area contributed by atoms with Crippen molar-refractivity contribution in [3.05, 3.63) is 58.1 Å². The molecule has 2 nitrogen and oxygen atoms in total. The molecule has 1 aliphatic rings. The second-order valence-corrected chi connectivity index (χ2v) is 5.56. The van der Waals surface area contributed by atoms with E-state index in [-0.39, 0.29) is 6.04 Å². The Hall–Kier alpha value is -1.62. The molecular weight excluding hydrogens is 328 g/mol.